The molecular formula is Mo2O2S2. The molecule has 0 aliphatic carbocycles. The van der Waals surface area contributed by atoms with Gasteiger partial charge < -0.3 is 0 Å². The second kappa shape index (κ2) is 6.42. The second-order valence-electron chi connectivity index (χ2n) is 0.272. The fourth-order valence-electron chi connectivity index (χ4n) is 0. The van der Waals surface area contributed by atoms with Crippen molar-refractivity contribution in [3.63, 3.8) is 0 Å². The molecule has 0 rings (SSSR count). The Hall–Kier alpha value is 1.42. The topological polar surface area (TPSA) is 34.1 Å². The van der Waals surface area contributed by atoms with Crippen LogP contribution >= 0.6 is 0 Å². The average Bonchev–Trinajstić information content (AvgIpc) is 1.38. The van der Waals surface area contributed by atoms with E-state index < -0.39 is 15.4 Å². The van der Waals surface area contributed by atoms with Gasteiger partial charge in [-0.2, -0.15) is 0 Å². The van der Waals surface area contributed by atoms with E-state index in [4.69, 9.17) is 0 Å². The van der Waals surface area contributed by atoms with Crippen LogP contribution in [0.1, 0.15) is 0 Å². The fraction of sp³-hybridized carbons (Fsp3) is 0. The van der Waals surface area contributed by atoms with Crippen LogP contribution in [0.15, 0.2) is 0 Å². The zero-order chi connectivity index (χ0) is 4.28. The molecule has 0 spiro atoms. The SMILES string of the molecule is [Mo].[O]=[Mo](=[O])=[S]=S. The Labute approximate surface area is 61.4 Å². The zero-order valence-corrected chi connectivity index (χ0v) is 8.10. The van der Waals surface area contributed by atoms with Gasteiger partial charge in [0.05, 0.1) is 0 Å². The third-order valence-electron chi connectivity index (χ3n) is 0.0556. The zero-order valence-electron chi connectivity index (χ0n) is 2.45. The van der Waals surface area contributed by atoms with Gasteiger partial charge in [-0.25, -0.2) is 0 Å². The summed E-state index contributed by atoms with van der Waals surface area (Å²) in [5, 5.41) is 0. The molecule has 0 saturated carbocycles. The molecule has 0 atom stereocenters. The van der Waals surface area contributed by atoms with Gasteiger partial charge in [-0.15, -0.1) is 0 Å². The number of hydrogen-bond acceptors (Lipinski definition) is 3. The van der Waals surface area contributed by atoms with Crippen LogP contribution in [0.4, 0.5) is 0 Å². The molecule has 0 aliphatic heterocycles. The van der Waals surface area contributed by atoms with Crippen LogP contribution in [0.3, 0.4) is 0 Å². The van der Waals surface area contributed by atoms with Crippen LogP contribution < -0.4 is 0 Å². The summed E-state index contributed by atoms with van der Waals surface area (Å²) in [4.78, 5) is 0. The Morgan fingerprint density at radius 2 is 1.67 bits per heavy atom. The van der Waals surface area contributed by atoms with Crippen LogP contribution in [0.2, 0.25) is 0 Å². The van der Waals surface area contributed by atoms with Gasteiger partial charge in [0.1, 0.15) is 0 Å². The van der Waals surface area contributed by atoms with Gasteiger partial charge >= 0.3 is 40.9 Å². The molecule has 0 aromatic carbocycles. The minimum atomic E-state index is -3.15. The Kier molecular flexibility index (Phi) is 11.1. The molecule has 0 aliphatic rings. The van der Waals surface area contributed by atoms with Crippen molar-refractivity contribution >= 4 is 18.7 Å². The fourth-order valence-corrected chi connectivity index (χ4v) is 0. The Morgan fingerprint density at radius 3 is 1.67 bits per heavy atom. The predicted octanol–water partition coefficient (Wildman–Crippen LogP) is -0.247. The van der Waals surface area contributed by atoms with Gasteiger partial charge in [-0.3, -0.25) is 0 Å². The Bertz CT molecular complexity index is 140. The molecule has 36 valence electrons. The van der Waals surface area contributed by atoms with E-state index in [1.54, 1.807) is 0 Å². The summed E-state index contributed by atoms with van der Waals surface area (Å²) in [6.45, 7) is 0. The minimum absolute atomic E-state index is 0. The van der Waals surface area contributed by atoms with Gasteiger partial charge in [-0.1, -0.05) is 0 Å². The average molecular weight is 288 g/mol. The first-order chi connectivity index (χ1) is 2.27. The quantitative estimate of drug-likeness (QED) is 0.577. The van der Waals surface area contributed by atoms with Crippen LogP contribution in [0, 0.1) is 0 Å². The molecule has 0 unspecified atom stereocenters. The van der Waals surface area contributed by atoms with Crippen molar-refractivity contribution in [1.82, 2.24) is 0 Å². The molecule has 6 heteroatoms. The van der Waals surface area contributed by atoms with E-state index in [9.17, 15) is 6.80 Å². The summed E-state index contributed by atoms with van der Waals surface area (Å²) in [5.74, 6) is 0. The molecule has 0 heterocycles. The molecule has 0 saturated heterocycles. The van der Waals surface area contributed by atoms with Gasteiger partial charge in [0.25, 0.3) is 0 Å². The molecule has 6 heavy (non-hydrogen) atoms. The van der Waals surface area contributed by atoms with Crippen molar-refractivity contribution < 1.29 is 43.3 Å². The maximum atomic E-state index is 9.37. The summed E-state index contributed by atoms with van der Waals surface area (Å²) in [6.07, 6.45) is 0. The van der Waals surface area contributed by atoms with Crippen molar-refractivity contribution in [2.24, 2.45) is 0 Å². The molecular weight excluding hydrogens is 288 g/mol. The van der Waals surface area contributed by atoms with Gasteiger partial charge in [-0.05, 0) is 0 Å². The third kappa shape index (κ3) is 9.05. The van der Waals surface area contributed by atoms with E-state index in [1.807, 2.05) is 0 Å². The molecule has 0 N–H and O–H groups in total. The number of hydrogen-bond donors (Lipinski definition) is 0. The van der Waals surface area contributed by atoms with Crippen molar-refractivity contribution in [1.29, 1.82) is 0 Å². The second-order valence-corrected chi connectivity index (χ2v) is 6.44. The summed E-state index contributed by atoms with van der Waals surface area (Å²) in [6, 6.07) is 0. The van der Waals surface area contributed by atoms with E-state index >= 15 is 0 Å². The van der Waals surface area contributed by atoms with Gasteiger partial charge in [0.15, 0.2) is 0 Å². The molecule has 0 radical (unpaired) electrons. The summed E-state index contributed by atoms with van der Waals surface area (Å²) < 4.78 is 18.7. The summed E-state index contributed by atoms with van der Waals surface area (Å²) in [5.41, 5.74) is 0. The normalized spacial score (nSPS) is 5.33. The van der Waals surface area contributed by atoms with Gasteiger partial charge in [0, 0.05) is 21.1 Å². The van der Waals surface area contributed by atoms with Crippen molar-refractivity contribution in [3.8, 4) is 0 Å². The van der Waals surface area contributed by atoms with Crippen molar-refractivity contribution in [2.75, 3.05) is 0 Å². The van der Waals surface area contributed by atoms with Gasteiger partial charge in [0.2, 0.25) is 0 Å². The van der Waals surface area contributed by atoms with Crippen molar-refractivity contribution in [3.05, 3.63) is 0 Å². The first-order valence-corrected chi connectivity index (χ1v) is 6.43. The Morgan fingerprint density at radius 1 is 1.50 bits per heavy atom. The monoisotopic (exact) mass is 292 g/mol. The molecule has 0 fully saturated rings. The summed E-state index contributed by atoms with van der Waals surface area (Å²) >= 11 is 0.893. The van der Waals surface area contributed by atoms with E-state index in [-0.39, 0.29) is 21.1 Å². The van der Waals surface area contributed by atoms with E-state index in [0.29, 0.717) is 7.51 Å². The molecule has 0 aromatic heterocycles. The molecule has 0 aromatic rings. The summed E-state index contributed by atoms with van der Waals surface area (Å²) in [7, 11) is 0.522. The third-order valence-corrected chi connectivity index (χ3v) is 2.96. The van der Waals surface area contributed by atoms with E-state index in [0.717, 1.165) is 0 Å². The first kappa shape index (κ1) is 10.4. The van der Waals surface area contributed by atoms with E-state index in [2.05, 4.69) is 11.2 Å². The van der Waals surface area contributed by atoms with Crippen LogP contribution in [-0.2, 0) is 62.0 Å². The molecule has 0 amide bonds. The maximum absolute atomic E-state index is 9.37. The van der Waals surface area contributed by atoms with Crippen LogP contribution in [0.5, 0.6) is 0 Å². The van der Waals surface area contributed by atoms with Crippen LogP contribution in [-0.4, -0.2) is 0 Å². The molecule has 2 nitrogen and oxygen atoms in total. The Balaban J connectivity index is 0. The van der Waals surface area contributed by atoms with Crippen LogP contribution in [0.25, 0.3) is 0 Å². The first-order valence-electron chi connectivity index (χ1n) is 0.667. The standard InChI is InChI=1S/2Mo.2O.S2/c;;;;1-2. The number of rotatable bonds is 0. The molecule has 0 bridgehead atoms. The van der Waals surface area contributed by atoms with Crippen molar-refractivity contribution in [2.45, 2.75) is 0 Å². The van der Waals surface area contributed by atoms with E-state index in [1.165, 1.54) is 0 Å². The predicted molar refractivity (Wildman–Crippen MR) is 16.1 cm³/mol.